The monoisotopic (exact) mass is 423 g/mol. The van der Waals surface area contributed by atoms with E-state index in [1.165, 1.54) is 6.33 Å². The maximum atomic E-state index is 6.30. The molecule has 6 rings (SSSR count). The van der Waals surface area contributed by atoms with Crippen molar-refractivity contribution < 1.29 is 4.74 Å². The van der Waals surface area contributed by atoms with Crippen LogP contribution in [0.2, 0.25) is 0 Å². The third kappa shape index (κ3) is 3.08. The Morgan fingerprint density at radius 3 is 2.84 bits per heavy atom. The topological polar surface area (TPSA) is 115 Å². The van der Waals surface area contributed by atoms with E-state index in [-0.39, 0.29) is 6.10 Å². The molecule has 0 aliphatic carbocycles. The Hall–Kier alpha value is -3.88. The van der Waals surface area contributed by atoms with Crippen LogP contribution in [0, 0.1) is 0 Å². The highest BCUT2D eigenvalue weighted by Gasteiger charge is 2.23. The quantitative estimate of drug-likeness (QED) is 0.407. The first-order valence-corrected chi connectivity index (χ1v) is 10.5. The van der Waals surface area contributed by atoms with Gasteiger partial charge in [-0.15, -0.1) is 0 Å². The van der Waals surface area contributed by atoms with Gasteiger partial charge in [-0.3, -0.25) is 4.98 Å². The van der Waals surface area contributed by atoms with Gasteiger partial charge in [0.05, 0.1) is 23.4 Å². The lowest BCUT2D eigenvalue weighted by atomic mass is 9.97. The van der Waals surface area contributed by atoms with Gasteiger partial charge in [-0.2, -0.15) is 0 Å². The summed E-state index contributed by atoms with van der Waals surface area (Å²) in [5, 5.41) is 5.21. The predicted molar refractivity (Wildman–Crippen MR) is 124 cm³/mol. The first-order valence-electron chi connectivity index (χ1n) is 10.5. The minimum absolute atomic E-state index is 0.135. The molecule has 1 aromatic carbocycles. The zero-order valence-electron chi connectivity index (χ0n) is 17.2. The van der Waals surface area contributed by atoms with Crippen molar-refractivity contribution in [3.63, 3.8) is 0 Å². The molecule has 8 nitrogen and oxygen atoms in total. The van der Waals surface area contributed by atoms with Crippen LogP contribution in [-0.2, 0) is 4.74 Å². The maximum absolute atomic E-state index is 6.30. The van der Waals surface area contributed by atoms with E-state index in [0.29, 0.717) is 24.6 Å². The van der Waals surface area contributed by atoms with Crippen molar-refractivity contribution in [2.75, 3.05) is 25.4 Å². The van der Waals surface area contributed by atoms with Crippen molar-refractivity contribution in [3.8, 4) is 22.4 Å². The SMILES string of the molecule is Nc1ncnc2nc(-c3cccnc3C3CNCCO3)cc(-c3c[nH]c4ccccc34)c12. The summed E-state index contributed by atoms with van der Waals surface area (Å²) in [4.78, 5) is 21.5. The van der Waals surface area contributed by atoms with E-state index >= 15 is 0 Å². The van der Waals surface area contributed by atoms with Crippen LogP contribution in [0.5, 0.6) is 0 Å². The summed E-state index contributed by atoms with van der Waals surface area (Å²) in [6.45, 7) is 2.20. The number of nitrogen functional groups attached to an aromatic ring is 1. The van der Waals surface area contributed by atoms with Gasteiger partial charge in [0.15, 0.2) is 5.65 Å². The van der Waals surface area contributed by atoms with Gasteiger partial charge in [0.1, 0.15) is 18.2 Å². The van der Waals surface area contributed by atoms with Crippen LogP contribution in [0.4, 0.5) is 5.82 Å². The zero-order chi connectivity index (χ0) is 21.5. The van der Waals surface area contributed by atoms with Crippen LogP contribution >= 0.6 is 0 Å². The van der Waals surface area contributed by atoms with Gasteiger partial charge in [-0.1, -0.05) is 18.2 Å². The lowest BCUT2D eigenvalue weighted by molar-refractivity contribution is 0.0254. The lowest BCUT2D eigenvalue weighted by Gasteiger charge is -2.24. The molecule has 5 heterocycles. The lowest BCUT2D eigenvalue weighted by Crippen LogP contribution is -2.34. The van der Waals surface area contributed by atoms with Crippen molar-refractivity contribution in [1.82, 2.24) is 30.2 Å². The third-order valence-corrected chi connectivity index (χ3v) is 5.86. The number of ether oxygens (including phenoxy) is 1. The molecule has 1 aliphatic rings. The van der Waals surface area contributed by atoms with Crippen LogP contribution in [0.3, 0.4) is 0 Å². The second-order valence-electron chi connectivity index (χ2n) is 7.76. The highest BCUT2D eigenvalue weighted by Crippen LogP contribution is 2.38. The third-order valence-electron chi connectivity index (χ3n) is 5.86. The molecule has 1 saturated heterocycles. The van der Waals surface area contributed by atoms with Crippen LogP contribution in [0.15, 0.2) is 61.2 Å². The molecule has 0 saturated carbocycles. The van der Waals surface area contributed by atoms with Gasteiger partial charge in [0.25, 0.3) is 0 Å². The summed E-state index contributed by atoms with van der Waals surface area (Å²) in [6, 6.07) is 14.2. The molecule has 32 heavy (non-hydrogen) atoms. The molecule has 4 aromatic heterocycles. The van der Waals surface area contributed by atoms with Crippen LogP contribution in [0.1, 0.15) is 11.8 Å². The number of aromatic nitrogens is 5. The van der Waals surface area contributed by atoms with Gasteiger partial charge in [0.2, 0.25) is 0 Å². The highest BCUT2D eigenvalue weighted by atomic mass is 16.5. The van der Waals surface area contributed by atoms with E-state index in [2.05, 4.69) is 43.5 Å². The number of hydrogen-bond donors (Lipinski definition) is 3. The average molecular weight is 423 g/mol. The number of morpholine rings is 1. The highest BCUT2D eigenvalue weighted by molar-refractivity contribution is 6.07. The fourth-order valence-corrected chi connectivity index (χ4v) is 4.36. The van der Waals surface area contributed by atoms with E-state index in [0.717, 1.165) is 50.9 Å². The fourth-order valence-electron chi connectivity index (χ4n) is 4.36. The van der Waals surface area contributed by atoms with Gasteiger partial charge in [-0.05, 0) is 24.3 Å². The van der Waals surface area contributed by atoms with Crippen molar-refractivity contribution >= 4 is 27.8 Å². The molecule has 8 heteroatoms. The zero-order valence-corrected chi connectivity index (χ0v) is 17.2. The van der Waals surface area contributed by atoms with E-state index < -0.39 is 0 Å². The number of nitrogens with two attached hydrogens (primary N) is 1. The second-order valence-corrected chi connectivity index (χ2v) is 7.76. The summed E-state index contributed by atoms with van der Waals surface area (Å²) >= 11 is 0. The maximum Gasteiger partial charge on any atom is 0.165 e. The molecular formula is C24H21N7O. The number of nitrogens with zero attached hydrogens (tertiary/aromatic N) is 4. The van der Waals surface area contributed by atoms with Crippen molar-refractivity contribution in [2.45, 2.75) is 6.10 Å². The molecular weight excluding hydrogens is 402 g/mol. The predicted octanol–water partition coefficient (Wildman–Crippen LogP) is 3.48. The van der Waals surface area contributed by atoms with Crippen LogP contribution in [-0.4, -0.2) is 44.6 Å². The van der Waals surface area contributed by atoms with Gasteiger partial charge < -0.3 is 20.8 Å². The van der Waals surface area contributed by atoms with E-state index in [9.17, 15) is 0 Å². The van der Waals surface area contributed by atoms with Gasteiger partial charge >= 0.3 is 0 Å². The van der Waals surface area contributed by atoms with Crippen molar-refractivity contribution in [3.05, 3.63) is 66.9 Å². The number of benzene rings is 1. The molecule has 1 fully saturated rings. The smallest absolute Gasteiger partial charge is 0.165 e. The number of fused-ring (bicyclic) bond motifs is 2. The number of hydrogen-bond acceptors (Lipinski definition) is 7. The minimum Gasteiger partial charge on any atom is -0.383 e. The molecule has 1 atom stereocenters. The summed E-state index contributed by atoms with van der Waals surface area (Å²) in [5.74, 6) is 0.403. The Morgan fingerprint density at radius 2 is 1.94 bits per heavy atom. The van der Waals surface area contributed by atoms with Crippen molar-refractivity contribution in [2.24, 2.45) is 0 Å². The number of pyridine rings is 2. The Balaban J connectivity index is 1.61. The summed E-state index contributed by atoms with van der Waals surface area (Å²) in [6.07, 6.45) is 5.10. The molecule has 0 spiro atoms. The second kappa shape index (κ2) is 7.67. The number of nitrogens with one attached hydrogen (secondary N) is 2. The Labute approximate surface area is 183 Å². The summed E-state index contributed by atoms with van der Waals surface area (Å²) < 4.78 is 5.99. The normalized spacial score (nSPS) is 16.6. The van der Waals surface area contributed by atoms with E-state index in [4.69, 9.17) is 15.5 Å². The molecule has 158 valence electrons. The van der Waals surface area contributed by atoms with E-state index in [1.807, 2.05) is 30.5 Å². The average Bonchev–Trinajstić information content (AvgIpc) is 3.28. The first kappa shape index (κ1) is 18.9. The molecule has 1 aliphatic heterocycles. The molecule has 0 amide bonds. The standard InChI is InChI=1S/C24H21N7O/c25-23-21-16(17-11-28-18-6-2-1-4-14(17)18)10-19(31-24(21)30-13-29-23)15-5-3-7-27-22(15)20-12-26-8-9-32-20/h1-7,10-11,13,20,26,28H,8-9,12H2,(H2,25,29,30,31). The largest absolute Gasteiger partial charge is 0.383 e. The number of rotatable bonds is 3. The van der Waals surface area contributed by atoms with E-state index in [1.54, 1.807) is 6.20 Å². The number of para-hydroxylation sites is 1. The molecule has 0 radical (unpaired) electrons. The van der Waals surface area contributed by atoms with Crippen LogP contribution < -0.4 is 11.1 Å². The number of H-pyrrole nitrogens is 1. The summed E-state index contributed by atoms with van der Waals surface area (Å²) in [7, 11) is 0. The fraction of sp³-hybridized carbons (Fsp3) is 0.167. The Kier molecular flexibility index (Phi) is 4.52. The molecule has 0 bridgehead atoms. The number of aromatic amines is 1. The van der Waals surface area contributed by atoms with Gasteiger partial charge in [-0.25, -0.2) is 15.0 Å². The molecule has 1 unspecified atom stereocenters. The van der Waals surface area contributed by atoms with Crippen molar-refractivity contribution in [1.29, 1.82) is 0 Å². The van der Waals surface area contributed by atoms with Crippen LogP contribution in [0.25, 0.3) is 44.3 Å². The Morgan fingerprint density at radius 1 is 1.00 bits per heavy atom. The molecule has 5 aromatic rings. The van der Waals surface area contributed by atoms with Gasteiger partial charge in [0, 0.05) is 53.1 Å². The summed E-state index contributed by atoms with van der Waals surface area (Å²) in [5.41, 5.74) is 12.4. The Bertz CT molecular complexity index is 1440. The first-order chi connectivity index (χ1) is 15.8. The number of anilines is 1. The molecule has 4 N–H and O–H groups in total. The minimum atomic E-state index is -0.135.